The highest BCUT2D eigenvalue weighted by Crippen LogP contribution is 2.35. The lowest BCUT2D eigenvalue weighted by molar-refractivity contribution is -0.137. The molecule has 0 spiro atoms. The molecule has 0 fully saturated rings. The van der Waals surface area contributed by atoms with E-state index in [4.69, 9.17) is 11.6 Å². The molecule has 2 nitrogen and oxygen atoms in total. The van der Waals surface area contributed by atoms with Gasteiger partial charge in [0.25, 0.3) is 0 Å². The van der Waals surface area contributed by atoms with Gasteiger partial charge in [-0.15, -0.1) is 11.8 Å². The van der Waals surface area contributed by atoms with Crippen LogP contribution < -0.4 is 5.32 Å². The number of anilines is 1. The van der Waals surface area contributed by atoms with Crippen molar-refractivity contribution in [3.8, 4) is 0 Å². The maximum absolute atomic E-state index is 13.7. The normalized spacial score (nSPS) is 12.7. The van der Waals surface area contributed by atoms with E-state index >= 15 is 0 Å². The summed E-state index contributed by atoms with van der Waals surface area (Å²) in [4.78, 5) is 12.2. The molecular weight excluding hydrogens is 378 g/mol. The van der Waals surface area contributed by atoms with Crippen molar-refractivity contribution in [1.82, 2.24) is 0 Å². The van der Waals surface area contributed by atoms with E-state index in [1.165, 1.54) is 43.3 Å². The van der Waals surface area contributed by atoms with Crippen LogP contribution in [-0.2, 0) is 16.7 Å². The molecule has 134 valence electrons. The number of para-hydroxylation sites is 1. The highest BCUT2D eigenvalue weighted by molar-refractivity contribution is 7.99. The first-order valence-corrected chi connectivity index (χ1v) is 8.64. The molecule has 0 radical (unpaired) electrons. The molecule has 0 aliphatic carbocycles. The Morgan fingerprint density at radius 2 is 1.88 bits per heavy atom. The lowest BCUT2D eigenvalue weighted by atomic mass is 10.1. The van der Waals surface area contributed by atoms with Gasteiger partial charge in [-0.05, 0) is 31.2 Å². The van der Waals surface area contributed by atoms with Crippen LogP contribution in [0, 0.1) is 5.82 Å². The SMILES string of the molecule is CC(SCc1c(F)cccc1Cl)C(=O)Nc1ccccc1C(F)(F)F. The van der Waals surface area contributed by atoms with Crippen molar-refractivity contribution in [1.29, 1.82) is 0 Å². The van der Waals surface area contributed by atoms with E-state index in [0.29, 0.717) is 0 Å². The van der Waals surface area contributed by atoms with E-state index in [1.807, 2.05) is 0 Å². The summed E-state index contributed by atoms with van der Waals surface area (Å²) < 4.78 is 52.5. The summed E-state index contributed by atoms with van der Waals surface area (Å²) in [5.41, 5.74) is -0.974. The highest BCUT2D eigenvalue weighted by Gasteiger charge is 2.33. The van der Waals surface area contributed by atoms with Crippen LogP contribution in [0.2, 0.25) is 5.02 Å². The molecule has 1 amide bonds. The van der Waals surface area contributed by atoms with Crippen LogP contribution >= 0.6 is 23.4 Å². The van der Waals surface area contributed by atoms with E-state index in [2.05, 4.69) is 5.32 Å². The van der Waals surface area contributed by atoms with Crippen LogP contribution in [0.3, 0.4) is 0 Å². The number of carbonyl (C=O) groups excluding carboxylic acids is 1. The number of halogens is 5. The fraction of sp³-hybridized carbons (Fsp3) is 0.235. The lowest BCUT2D eigenvalue weighted by Crippen LogP contribution is -2.24. The predicted octanol–water partition coefficient (Wildman–Crippen LogP) is 5.76. The van der Waals surface area contributed by atoms with Crippen LogP contribution in [0.5, 0.6) is 0 Å². The number of carbonyl (C=O) groups is 1. The maximum Gasteiger partial charge on any atom is 0.418 e. The van der Waals surface area contributed by atoms with Gasteiger partial charge in [0.2, 0.25) is 5.91 Å². The van der Waals surface area contributed by atoms with Gasteiger partial charge in [-0.2, -0.15) is 13.2 Å². The van der Waals surface area contributed by atoms with Crippen molar-refractivity contribution in [3.05, 3.63) is 64.4 Å². The van der Waals surface area contributed by atoms with E-state index < -0.39 is 28.7 Å². The molecule has 2 rings (SSSR count). The Bertz CT molecular complexity index is 746. The van der Waals surface area contributed by atoms with Crippen LogP contribution in [0.1, 0.15) is 18.1 Å². The largest absolute Gasteiger partial charge is 0.418 e. The number of nitrogens with one attached hydrogen (secondary N) is 1. The van der Waals surface area contributed by atoms with E-state index in [1.54, 1.807) is 0 Å². The summed E-state index contributed by atoms with van der Waals surface area (Å²) in [6.07, 6.45) is -4.57. The fourth-order valence-corrected chi connectivity index (χ4v) is 3.26. The molecule has 0 aliphatic heterocycles. The Labute approximate surface area is 151 Å². The van der Waals surface area contributed by atoms with Crippen molar-refractivity contribution in [2.24, 2.45) is 0 Å². The van der Waals surface area contributed by atoms with Gasteiger partial charge in [0.05, 0.1) is 16.5 Å². The van der Waals surface area contributed by atoms with Gasteiger partial charge in [0, 0.05) is 16.3 Å². The van der Waals surface area contributed by atoms with Crippen molar-refractivity contribution < 1.29 is 22.4 Å². The molecule has 2 aromatic carbocycles. The molecule has 2 aromatic rings. The molecule has 0 aromatic heterocycles. The van der Waals surface area contributed by atoms with Gasteiger partial charge in [0.15, 0.2) is 0 Å². The summed E-state index contributed by atoms with van der Waals surface area (Å²) in [7, 11) is 0. The Kier molecular flexibility index (Phi) is 6.35. The Morgan fingerprint density at radius 1 is 1.20 bits per heavy atom. The average Bonchev–Trinajstić information content (AvgIpc) is 2.53. The van der Waals surface area contributed by atoms with Gasteiger partial charge in [0.1, 0.15) is 5.82 Å². The zero-order valence-electron chi connectivity index (χ0n) is 13.0. The monoisotopic (exact) mass is 391 g/mol. The Balaban J connectivity index is 2.04. The topological polar surface area (TPSA) is 29.1 Å². The second-order valence-electron chi connectivity index (χ2n) is 5.19. The van der Waals surface area contributed by atoms with Crippen molar-refractivity contribution in [2.75, 3.05) is 5.32 Å². The molecule has 8 heteroatoms. The van der Waals surface area contributed by atoms with Crippen molar-refractivity contribution in [2.45, 2.75) is 24.1 Å². The first kappa shape index (κ1) is 19.6. The average molecular weight is 392 g/mol. The van der Waals surface area contributed by atoms with Gasteiger partial charge in [-0.3, -0.25) is 4.79 Å². The standard InChI is InChI=1S/C17H14ClF4NOS/c1-10(25-9-11-13(18)6-4-7-14(11)19)16(24)23-15-8-3-2-5-12(15)17(20,21)22/h2-8,10H,9H2,1H3,(H,23,24). The number of hydrogen-bond acceptors (Lipinski definition) is 2. The van der Waals surface area contributed by atoms with E-state index in [-0.39, 0.29) is 22.0 Å². The molecule has 0 heterocycles. The second kappa shape index (κ2) is 8.10. The fourth-order valence-electron chi connectivity index (χ4n) is 2.03. The third-order valence-electron chi connectivity index (χ3n) is 3.40. The summed E-state index contributed by atoms with van der Waals surface area (Å²) in [5, 5.41) is 1.82. The molecule has 0 bridgehead atoms. The molecule has 1 unspecified atom stereocenters. The summed E-state index contributed by atoms with van der Waals surface area (Å²) in [5.74, 6) is -0.967. The smallest absolute Gasteiger partial charge is 0.325 e. The van der Waals surface area contributed by atoms with E-state index in [0.717, 1.165) is 17.8 Å². The third kappa shape index (κ3) is 5.12. The van der Waals surface area contributed by atoms with Gasteiger partial charge in [-0.1, -0.05) is 29.8 Å². The minimum absolute atomic E-state index is 0.126. The van der Waals surface area contributed by atoms with Crippen molar-refractivity contribution in [3.63, 3.8) is 0 Å². The minimum Gasteiger partial charge on any atom is -0.325 e. The molecule has 25 heavy (non-hydrogen) atoms. The zero-order valence-corrected chi connectivity index (χ0v) is 14.6. The number of thioether (sulfide) groups is 1. The van der Waals surface area contributed by atoms with Crippen LogP contribution in [0.4, 0.5) is 23.2 Å². The van der Waals surface area contributed by atoms with Crippen LogP contribution in [0.25, 0.3) is 0 Å². The maximum atomic E-state index is 13.7. The Morgan fingerprint density at radius 3 is 2.52 bits per heavy atom. The van der Waals surface area contributed by atoms with Crippen LogP contribution in [-0.4, -0.2) is 11.2 Å². The van der Waals surface area contributed by atoms with Gasteiger partial charge in [-0.25, -0.2) is 4.39 Å². The zero-order chi connectivity index (χ0) is 18.6. The van der Waals surface area contributed by atoms with Gasteiger partial charge < -0.3 is 5.32 Å². The van der Waals surface area contributed by atoms with E-state index in [9.17, 15) is 22.4 Å². The summed E-state index contributed by atoms with van der Waals surface area (Å²) >= 11 is 7.00. The number of rotatable bonds is 5. The van der Waals surface area contributed by atoms with Crippen LogP contribution in [0.15, 0.2) is 42.5 Å². The molecule has 0 aliphatic rings. The van der Waals surface area contributed by atoms with Gasteiger partial charge >= 0.3 is 6.18 Å². The molecule has 0 saturated heterocycles. The highest BCUT2D eigenvalue weighted by atomic mass is 35.5. The van der Waals surface area contributed by atoms with Crippen molar-refractivity contribution >= 4 is 35.0 Å². The lowest BCUT2D eigenvalue weighted by Gasteiger charge is -2.16. The third-order valence-corrected chi connectivity index (χ3v) is 4.92. The number of alkyl halides is 3. The molecule has 0 saturated carbocycles. The number of benzene rings is 2. The first-order chi connectivity index (χ1) is 11.7. The summed E-state index contributed by atoms with van der Waals surface area (Å²) in [6.45, 7) is 1.53. The first-order valence-electron chi connectivity index (χ1n) is 7.21. The molecule has 1 N–H and O–H groups in total. The number of hydrogen-bond donors (Lipinski definition) is 1. The number of amides is 1. The second-order valence-corrected chi connectivity index (χ2v) is 6.92. The Hall–Kier alpha value is -1.73. The molecule has 1 atom stereocenters. The quantitative estimate of drug-likeness (QED) is 0.657. The minimum atomic E-state index is -4.57. The summed E-state index contributed by atoms with van der Waals surface area (Å²) in [6, 6.07) is 8.99. The molecular formula is C17H14ClF4NOS. The predicted molar refractivity (Wildman–Crippen MR) is 92.2 cm³/mol.